The number of nitrogens with two attached hydrogens (primary N) is 1. The molecule has 0 atom stereocenters. The van der Waals surface area contributed by atoms with E-state index in [1.165, 1.54) is 29.2 Å². The van der Waals surface area contributed by atoms with Crippen LogP contribution in [0.5, 0.6) is 5.88 Å². The normalized spacial score (nSPS) is 10.8. The van der Waals surface area contributed by atoms with E-state index in [2.05, 4.69) is 4.98 Å². The van der Waals surface area contributed by atoms with Crippen molar-refractivity contribution in [3.63, 3.8) is 0 Å². The van der Waals surface area contributed by atoms with E-state index in [1.54, 1.807) is 18.2 Å². The molecule has 0 aliphatic rings. The molecule has 0 unspecified atom stereocenters. The number of hydrogen-bond donors (Lipinski definition) is 2. The van der Waals surface area contributed by atoms with Crippen LogP contribution in [0.3, 0.4) is 0 Å². The average Bonchev–Trinajstić information content (AvgIpc) is 2.95. The molecule has 0 bridgehead atoms. The summed E-state index contributed by atoms with van der Waals surface area (Å²) in [6.45, 7) is 0. The van der Waals surface area contributed by atoms with Gasteiger partial charge in [-0.05, 0) is 23.6 Å². The van der Waals surface area contributed by atoms with Crippen LogP contribution < -0.4 is 10.5 Å². The lowest BCUT2D eigenvalue weighted by Gasteiger charge is -2.04. The van der Waals surface area contributed by atoms with E-state index in [0.29, 0.717) is 9.79 Å². The molecule has 0 saturated carbocycles. The lowest BCUT2D eigenvalue weighted by Crippen LogP contribution is -2.16. The van der Waals surface area contributed by atoms with Crippen LogP contribution in [0.1, 0.15) is 0 Å². The summed E-state index contributed by atoms with van der Waals surface area (Å²) >= 11 is 2.68. The predicted octanol–water partition coefficient (Wildman–Crippen LogP) is 3.98. The lowest BCUT2D eigenvalue weighted by molar-refractivity contribution is 0.208. The van der Waals surface area contributed by atoms with E-state index in [4.69, 9.17) is 10.5 Å². The standard InChI is InChI=1S/C13H9FN2O2S2/c14-7-3-1-2-4-9(7)20-11-10-8(5-6-19-10)16-12(11)18-13(15)17/h1-6,16H,(H2,15,17). The van der Waals surface area contributed by atoms with Crippen molar-refractivity contribution in [3.05, 3.63) is 41.5 Å². The van der Waals surface area contributed by atoms with E-state index >= 15 is 0 Å². The molecule has 0 aliphatic heterocycles. The maximum atomic E-state index is 13.7. The SMILES string of the molecule is NC(=O)Oc1[nH]c2ccsc2c1Sc1ccccc1F. The zero-order chi connectivity index (χ0) is 14.1. The summed E-state index contributed by atoms with van der Waals surface area (Å²) in [5.74, 6) is -0.0824. The van der Waals surface area contributed by atoms with Crippen LogP contribution in [-0.2, 0) is 0 Å². The van der Waals surface area contributed by atoms with Gasteiger partial charge in [0.1, 0.15) is 5.82 Å². The van der Waals surface area contributed by atoms with Crippen LogP contribution in [0, 0.1) is 5.82 Å². The Kier molecular flexibility index (Phi) is 3.37. The number of thiophene rings is 1. The number of halogens is 1. The van der Waals surface area contributed by atoms with Gasteiger partial charge in [-0.1, -0.05) is 23.9 Å². The Labute approximate surface area is 121 Å². The third-order valence-electron chi connectivity index (χ3n) is 2.58. The van der Waals surface area contributed by atoms with Gasteiger partial charge in [0.05, 0.1) is 15.1 Å². The van der Waals surface area contributed by atoms with Crippen LogP contribution in [0.25, 0.3) is 10.2 Å². The van der Waals surface area contributed by atoms with E-state index in [9.17, 15) is 9.18 Å². The number of amides is 1. The number of carbonyl (C=O) groups is 1. The van der Waals surface area contributed by atoms with Gasteiger partial charge in [-0.15, -0.1) is 11.3 Å². The van der Waals surface area contributed by atoms with Gasteiger partial charge in [-0.2, -0.15) is 0 Å². The summed E-state index contributed by atoms with van der Waals surface area (Å²) in [6, 6.07) is 8.28. The summed E-state index contributed by atoms with van der Waals surface area (Å²) in [6.07, 6.45) is -0.908. The first kappa shape index (κ1) is 13.0. The zero-order valence-electron chi connectivity index (χ0n) is 10.1. The molecule has 3 aromatic rings. The second-order valence-corrected chi connectivity index (χ2v) is 5.87. The highest BCUT2D eigenvalue weighted by molar-refractivity contribution is 7.99. The fourth-order valence-corrected chi connectivity index (χ4v) is 3.74. The quantitative estimate of drug-likeness (QED) is 0.769. The van der Waals surface area contributed by atoms with Gasteiger partial charge in [0.15, 0.2) is 0 Å². The highest BCUT2D eigenvalue weighted by Crippen LogP contribution is 2.43. The van der Waals surface area contributed by atoms with Crippen LogP contribution in [-0.4, -0.2) is 11.1 Å². The van der Waals surface area contributed by atoms with Crippen LogP contribution in [0.2, 0.25) is 0 Å². The summed E-state index contributed by atoms with van der Waals surface area (Å²) in [4.78, 5) is 15.0. The number of hydrogen-bond acceptors (Lipinski definition) is 4. The van der Waals surface area contributed by atoms with Gasteiger partial charge in [-0.3, -0.25) is 0 Å². The molecule has 3 N–H and O–H groups in total. The number of primary amides is 1. The maximum absolute atomic E-state index is 13.7. The Bertz CT molecular complexity index is 782. The monoisotopic (exact) mass is 308 g/mol. The molecule has 2 heterocycles. The fourth-order valence-electron chi connectivity index (χ4n) is 1.77. The van der Waals surface area contributed by atoms with Gasteiger partial charge >= 0.3 is 6.09 Å². The van der Waals surface area contributed by atoms with Gasteiger partial charge in [0.25, 0.3) is 0 Å². The predicted molar refractivity (Wildman–Crippen MR) is 76.9 cm³/mol. The second kappa shape index (κ2) is 5.18. The molecule has 102 valence electrons. The number of aromatic nitrogens is 1. The molecule has 3 rings (SSSR count). The Morgan fingerprint density at radius 3 is 2.90 bits per heavy atom. The number of carbonyl (C=O) groups excluding carboxylic acids is 1. The van der Waals surface area contributed by atoms with Crippen LogP contribution in [0.4, 0.5) is 9.18 Å². The number of fused-ring (bicyclic) bond motifs is 1. The number of rotatable bonds is 3. The smallest absolute Gasteiger partial charge is 0.392 e. The first-order chi connectivity index (χ1) is 9.65. The summed E-state index contributed by atoms with van der Waals surface area (Å²) in [5.41, 5.74) is 5.87. The van der Waals surface area contributed by atoms with Gasteiger partial charge < -0.3 is 15.5 Å². The molecule has 2 aromatic heterocycles. The fraction of sp³-hybridized carbons (Fsp3) is 0. The Morgan fingerprint density at radius 2 is 2.15 bits per heavy atom. The van der Waals surface area contributed by atoms with Gasteiger partial charge in [-0.25, -0.2) is 9.18 Å². The summed E-state index contributed by atoms with van der Waals surface area (Å²) < 4.78 is 19.6. The molecule has 1 aromatic carbocycles. The van der Waals surface area contributed by atoms with Gasteiger partial charge in [0, 0.05) is 4.90 Å². The largest absolute Gasteiger partial charge is 0.411 e. The number of ether oxygens (including phenoxy) is 1. The Balaban J connectivity index is 2.06. The molecule has 0 aliphatic carbocycles. The molecule has 0 spiro atoms. The van der Waals surface area contributed by atoms with Crippen molar-refractivity contribution in [2.24, 2.45) is 5.73 Å². The van der Waals surface area contributed by atoms with Crippen molar-refractivity contribution in [3.8, 4) is 5.88 Å². The number of benzene rings is 1. The molecule has 0 saturated heterocycles. The van der Waals surface area contributed by atoms with E-state index in [1.807, 2.05) is 11.4 Å². The Hall–Kier alpha value is -1.99. The molecule has 4 nitrogen and oxygen atoms in total. The topological polar surface area (TPSA) is 68.1 Å². The van der Waals surface area contributed by atoms with Crippen molar-refractivity contribution in [1.29, 1.82) is 0 Å². The third kappa shape index (κ3) is 2.37. The van der Waals surface area contributed by atoms with E-state index in [-0.39, 0.29) is 11.7 Å². The first-order valence-corrected chi connectivity index (χ1v) is 7.33. The van der Waals surface area contributed by atoms with Gasteiger partial charge in [0.2, 0.25) is 5.88 Å². The van der Waals surface area contributed by atoms with Crippen molar-refractivity contribution in [2.75, 3.05) is 0 Å². The highest BCUT2D eigenvalue weighted by atomic mass is 32.2. The summed E-state index contributed by atoms with van der Waals surface area (Å²) in [5, 5.41) is 1.90. The van der Waals surface area contributed by atoms with Crippen molar-refractivity contribution in [2.45, 2.75) is 9.79 Å². The van der Waals surface area contributed by atoms with E-state index in [0.717, 1.165) is 10.2 Å². The Morgan fingerprint density at radius 1 is 1.35 bits per heavy atom. The van der Waals surface area contributed by atoms with Crippen molar-refractivity contribution >= 4 is 39.4 Å². The van der Waals surface area contributed by atoms with Crippen molar-refractivity contribution in [1.82, 2.24) is 4.98 Å². The molecule has 0 radical (unpaired) electrons. The van der Waals surface area contributed by atoms with E-state index < -0.39 is 6.09 Å². The number of nitrogens with one attached hydrogen (secondary N) is 1. The molecule has 7 heteroatoms. The third-order valence-corrected chi connectivity index (χ3v) is 4.78. The van der Waals surface area contributed by atoms with Crippen LogP contribution in [0.15, 0.2) is 45.5 Å². The zero-order valence-corrected chi connectivity index (χ0v) is 11.7. The average molecular weight is 308 g/mol. The molecular formula is C13H9FN2O2S2. The maximum Gasteiger partial charge on any atom is 0.411 e. The molecule has 20 heavy (non-hydrogen) atoms. The molecule has 0 fully saturated rings. The summed E-state index contributed by atoms with van der Waals surface area (Å²) in [7, 11) is 0. The van der Waals surface area contributed by atoms with Crippen molar-refractivity contribution < 1.29 is 13.9 Å². The lowest BCUT2D eigenvalue weighted by atomic mass is 10.3. The second-order valence-electron chi connectivity index (χ2n) is 3.90. The minimum atomic E-state index is -0.908. The minimum absolute atomic E-state index is 0.243. The number of H-pyrrole nitrogens is 1. The molecular weight excluding hydrogens is 299 g/mol. The first-order valence-electron chi connectivity index (χ1n) is 5.64. The highest BCUT2D eigenvalue weighted by Gasteiger charge is 2.18. The van der Waals surface area contributed by atoms with Crippen LogP contribution >= 0.6 is 23.1 Å². The molecule has 1 amide bonds. The minimum Gasteiger partial charge on any atom is -0.392 e. The number of aromatic amines is 1.